The highest BCUT2D eigenvalue weighted by atomic mass is 16.5. The molecule has 1 unspecified atom stereocenters. The molecule has 154 valence electrons. The molecule has 0 aliphatic rings. The number of carbonyl (C=O) groups excluding carboxylic acids is 1. The molecule has 0 bridgehead atoms. The van der Waals surface area contributed by atoms with Gasteiger partial charge in [-0.25, -0.2) is 4.79 Å². The van der Waals surface area contributed by atoms with E-state index in [-0.39, 0.29) is 24.2 Å². The van der Waals surface area contributed by atoms with Crippen LogP contribution in [0.5, 0.6) is 0 Å². The average Bonchev–Trinajstić information content (AvgIpc) is 3.00. The molecule has 0 fully saturated rings. The van der Waals surface area contributed by atoms with Gasteiger partial charge in [-0.05, 0) is 37.5 Å². The van der Waals surface area contributed by atoms with Gasteiger partial charge < -0.3 is 10.1 Å². The number of para-hydroxylation sites is 2. The number of amides is 1. The molecule has 1 heterocycles. The molecule has 6 heteroatoms. The van der Waals surface area contributed by atoms with Gasteiger partial charge in [0.25, 0.3) is 0 Å². The molecular weight excluding hydrogens is 366 g/mol. The van der Waals surface area contributed by atoms with Crippen LogP contribution in [0.4, 0.5) is 0 Å². The minimum Gasteiger partial charge on any atom is -0.374 e. The number of hydrogen-bond donors (Lipinski definition) is 1. The van der Waals surface area contributed by atoms with E-state index < -0.39 is 0 Å². The summed E-state index contributed by atoms with van der Waals surface area (Å²) in [5.74, 6) is -0.164. The highest BCUT2D eigenvalue weighted by Gasteiger charge is 2.14. The second kappa shape index (κ2) is 10.1. The number of imidazole rings is 1. The number of nitrogens with one attached hydrogen (secondary N) is 1. The van der Waals surface area contributed by atoms with Crippen LogP contribution >= 0.6 is 0 Å². The van der Waals surface area contributed by atoms with Gasteiger partial charge in [-0.3, -0.25) is 13.9 Å². The molecule has 3 aromatic rings. The van der Waals surface area contributed by atoms with Gasteiger partial charge in [0.1, 0.15) is 6.54 Å². The topological polar surface area (TPSA) is 65.3 Å². The zero-order valence-corrected chi connectivity index (χ0v) is 17.1. The molecular formula is C23H29N3O3. The summed E-state index contributed by atoms with van der Waals surface area (Å²) in [5, 5.41) is 2.89. The molecule has 1 N–H and O–H groups in total. The number of ether oxygens (including phenoxy) is 1. The highest BCUT2D eigenvalue weighted by Crippen LogP contribution is 2.16. The van der Waals surface area contributed by atoms with E-state index in [1.807, 2.05) is 68.4 Å². The number of aryl methyl sites for hydroxylation is 1. The number of nitrogens with zero attached hydrogens (tertiary/aromatic N) is 2. The van der Waals surface area contributed by atoms with E-state index in [1.54, 1.807) is 9.13 Å². The number of rotatable bonds is 10. The van der Waals surface area contributed by atoms with Crippen LogP contribution in [0.2, 0.25) is 0 Å². The lowest BCUT2D eigenvalue weighted by Gasteiger charge is -2.13. The van der Waals surface area contributed by atoms with Crippen molar-refractivity contribution in [3.8, 4) is 0 Å². The van der Waals surface area contributed by atoms with Crippen LogP contribution in [-0.4, -0.2) is 28.2 Å². The fourth-order valence-corrected chi connectivity index (χ4v) is 3.44. The summed E-state index contributed by atoms with van der Waals surface area (Å²) in [5.41, 5.74) is 2.67. The summed E-state index contributed by atoms with van der Waals surface area (Å²) in [6.07, 6.45) is 1.60. The third kappa shape index (κ3) is 5.15. The van der Waals surface area contributed by atoms with Crippen molar-refractivity contribution in [2.45, 2.75) is 45.9 Å². The third-order valence-electron chi connectivity index (χ3n) is 4.95. The second-order valence-electron chi connectivity index (χ2n) is 7.14. The normalized spacial score (nSPS) is 12.2. The smallest absolute Gasteiger partial charge is 0.329 e. The van der Waals surface area contributed by atoms with Crippen LogP contribution in [0.25, 0.3) is 11.0 Å². The first-order valence-corrected chi connectivity index (χ1v) is 10.2. The fraction of sp³-hybridized carbons (Fsp3) is 0.391. The van der Waals surface area contributed by atoms with Crippen molar-refractivity contribution in [2.75, 3.05) is 13.2 Å². The predicted octanol–water partition coefficient (Wildman–Crippen LogP) is 3.50. The lowest BCUT2D eigenvalue weighted by Crippen LogP contribution is -2.33. The fourth-order valence-electron chi connectivity index (χ4n) is 3.44. The summed E-state index contributed by atoms with van der Waals surface area (Å²) < 4.78 is 9.11. The van der Waals surface area contributed by atoms with Crippen LogP contribution in [0.1, 0.15) is 38.4 Å². The molecule has 2 aromatic carbocycles. The van der Waals surface area contributed by atoms with Crippen molar-refractivity contribution in [3.05, 3.63) is 70.6 Å². The first-order chi connectivity index (χ1) is 14.1. The van der Waals surface area contributed by atoms with Gasteiger partial charge in [-0.2, -0.15) is 0 Å². The van der Waals surface area contributed by atoms with Gasteiger partial charge >= 0.3 is 5.69 Å². The lowest BCUT2D eigenvalue weighted by atomic mass is 10.1. The molecule has 0 radical (unpaired) electrons. The number of hydrogen-bond acceptors (Lipinski definition) is 3. The predicted molar refractivity (Wildman–Crippen MR) is 115 cm³/mol. The quantitative estimate of drug-likeness (QED) is 0.535. The van der Waals surface area contributed by atoms with Gasteiger partial charge in [0.15, 0.2) is 0 Å². The van der Waals surface area contributed by atoms with E-state index in [0.29, 0.717) is 19.7 Å². The first-order valence-electron chi connectivity index (χ1n) is 10.2. The Bertz CT molecular complexity index is 992. The monoisotopic (exact) mass is 395 g/mol. The van der Waals surface area contributed by atoms with Gasteiger partial charge in [-0.1, -0.05) is 49.4 Å². The number of benzene rings is 2. The van der Waals surface area contributed by atoms with Crippen molar-refractivity contribution < 1.29 is 9.53 Å². The summed E-state index contributed by atoms with van der Waals surface area (Å²) in [6.45, 7) is 5.80. The van der Waals surface area contributed by atoms with Gasteiger partial charge in [-0.15, -0.1) is 0 Å². The van der Waals surface area contributed by atoms with Crippen molar-refractivity contribution in [1.82, 2.24) is 14.5 Å². The van der Waals surface area contributed by atoms with E-state index in [1.165, 1.54) is 0 Å². The van der Waals surface area contributed by atoms with E-state index in [4.69, 9.17) is 4.74 Å². The van der Waals surface area contributed by atoms with Crippen molar-refractivity contribution in [1.29, 1.82) is 0 Å². The maximum atomic E-state index is 12.7. The molecule has 0 saturated heterocycles. The van der Waals surface area contributed by atoms with Gasteiger partial charge in [0, 0.05) is 19.7 Å². The standard InChI is InChI=1S/C23H29N3O3/c1-3-15-25-20-12-7-8-13-21(20)26(23(25)28)17-22(27)24-14-9-16-29-18(2)19-10-5-4-6-11-19/h4-8,10-13,18H,3,9,14-17H2,1-2H3,(H,24,27). The molecule has 0 spiro atoms. The Morgan fingerprint density at radius 1 is 1.03 bits per heavy atom. The highest BCUT2D eigenvalue weighted by molar-refractivity contribution is 5.80. The maximum Gasteiger partial charge on any atom is 0.329 e. The Morgan fingerprint density at radius 2 is 1.69 bits per heavy atom. The Hall–Kier alpha value is -2.86. The SMILES string of the molecule is CCCn1c(=O)n(CC(=O)NCCCOC(C)c2ccccc2)c2ccccc21. The minimum absolute atomic E-state index is 0.0233. The Kier molecular flexibility index (Phi) is 7.25. The summed E-state index contributed by atoms with van der Waals surface area (Å²) in [4.78, 5) is 25.1. The number of aromatic nitrogens is 2. The van der Waals surface area contributed by atoms with Crippen molar-refractivity contribution in [2.24, 2.45) is 0 Å². The molecule has 1 aromatic heterocycles. The second-order valence-corrected chi connectivity index (χ2v) is 7.14. The lowest BCUT2D eigenvalue weighted by molar-refractivity contribution is -0.121. The zero-order chi connectivity index (χ0) is 20.6. The Labute approximate surface area is 171 Å². The molecule has 6 nitrogen and oxygen atoms in total. The molecule has 0 saturated carbocycles. The first kappa shape index (κ1) is 20.9. The summed E-state index contributed by atoms with van der Waals surface area (Å²) in [6, 6.07) is 17.7. The molecule has 0 aliphatic carbocycles. The van der Waals surface area contributed by atoms with Crippen LogP contribution in [-0.2, 0) is 22.6 Å². The summed E-state index contributed by atoms with van der Waals surface area (Å²) >= 11 is 0. The molecule has 3 rings (SSSR count). The van der Waals surface area contributed by atoms with E-state index in [9.17, 15) is 9.59 Å². The van der Waals surface area contributed by atoms with Crippen molar-refractivity contribution in [3.63, 3.8) is 0 Å². The van der Waals surface area contributed by atoms with Crippen LogP contribution in [0, 0.1) is 0 Å². The number of carbonyl (C=O) groups is 1. The average molecular weight is 396 g/mol. The van der Waals surface area contributed by atoms with Crippen LogP contribution < -0.4 is 11.0 Å². The van der Waals surface area contributed by atoms with Crippen LogP contribution in [0.3, 0.4) is 0 Å². The third-order valence-corrected chi connectivity index (χ3v) is 4.95. The van der Waals surface area contributed by atoms with E-state index in [0.717, 1.165) is 29.4 Å². The maximum absolute atomic E-state index is 12.7. The van der Waals surface area contributed by atoms with E-state index in [2.05, 4.69) is 5.32 Å². The molecule has 1 amide bonds. The Morgan fingerprint density at radius 3 is 2.38 bits per heavy atom. The number of fused-ring (bicyclic) bond motifs is 1. The minimum atomic E-state index is -0.164. The van der Waals surface area contributed by atoms with Crippen LogP contribution in [0.15, 0.2) is 59.4 Å². The Balaban J connectivity index is 1.50. The molecule has 0 aliphatic heterocycles. The zero-order valence-electron chi connectivity index (χ0n) is 17.1. The van der Waals surface area contributed by atoms with Crippen molar-refractivity contribution >= 4 is 16.9 Å². The molecule has 29 heavy (non-hydrogen) atoms. The van der Waals surface area contributed by atoms with Gasteiger partial charge in [0.05, 0.1) is 17.1 Å². The largest absolute Gasteiger partial charge is 0.374 e. The van der Waals surface area contributed by atoms with Gasteiger partial charge in [0.2, 0.25) is 5.91 Å². The summed E-state index contributed by atoms with van der Waals surface area (Å²) in [7, 11) is 0. The van der Waals surface area contributed by atoms with E-state index >= 15 is 0 Å². The molecule has 1 atom stereocenters.